The molecule has 2 aromatic carbocycles. The van der Waals surface area contributed by atoms with Crippen molar-refractivity contribution in [3.8, 4) is 11.3 Å². The number of benzene rings is 2. The SMILES string of the molecule is Cc1ccc(Cl)cc1NC(=O)Cn1nc2c3cc(-c4ccc(C(C)C)cc4)nn3ccn2c1=O. The van der Waals surface area contributed by atoms with Crippen LogP contribution in [0.5, 0.6) is 0 Å². The molecule has 0 aliphatic rings. The Labute approximate surface area is 200 Å². The smallest absolute Gasteiger partial charge is 0.324 e. The molecule has 3 heterocycles. The molecule has 0 bridgehead atoms. The molecule has 0 atom stereocenters. The molecule has 5 aromatic rings. The third kappa shape index (κ3) is 3.97. The second-order valence-corrected chi connectivity index (χ2v) is 9.01. The molecular formula is C25H23ClN6O2. The van der Waals surface area contributed by atoms with E-state index >= 15 is 0 Å². The summed E-state index contributed by atoms with van der Waals surface area (Å²) in [6.07, 6.45) is 3.31. The van der Waals surface area contributed by atoms with Gasteiger partial charge in [0, 0.05) is 28.7 Å². The van der Waals surface area contributed by atoms with Gasteiger partial charge in [-0.15, -0.1) is 5.10 Å². The minimum absolute atomic E-state index is 0.226. The standard InChI is InChI=1S/C25H23ClN6O2/c1-15(2)17-5-7-18(8-6-17)21-13-22-24-29-32(25(34)30(24)10-11-31(22)28-21)14-23(33)27-20-12-19(26)9-4-16(20)3/h4-13,15H,14H2,1-3H3,(H,27,33). The average Bonchev–Trinajstić information content (AvgIpc) is 3.38. The van der Waals surface area contributed by atoms with E-state index in [0.717, 1.165) is 21.5 Å². The van der Waals surface area contributed by atoms with Crippen molar-refractivity contribution in [2.24, 2.45) is 0 Å². The lowest BCUT2D eigenvalue weighted by Crippen LogP contribution is -2.28. The van der Waals surface area contributed by atoms with Crippen LogP contribution in [0.1, 0.15) is 30.9 Å². The number of hydrogen-bond acceptors (Lipinski definition) is 4. The molecule has 9 heteroatoms. The number of rotatable bonds is 5. The highest BCUT2D eigenvalue weighted by Gasteiger charge is 2.16. The lowest BCUT2D eigenvalue weighted by molar-refractivity contribution is -0.117. The Kier molecular flexibility index (Phi) is 5.45. The zero-order valence-electron chi connectivity index (χ0n) is 19.0. The molecule has 1 N–H and O–H groups in total. The molecule has 0 spiro atoms. The third-order valence-electron chi connectivity index (χ3n) is 5.83. The number of anilines is 1. The Hall–Kier alpha value is -3.91. The monoisotopic (exact) mass is 474 g/mol. The Morgan fingerprint density at radius 3 is 2.56 bits per heavy atom. The van der Waals surface area contributed by atoms with Crippen molar-refractivity contribution in [1.29, 1.82) is 0 Å². The van der Waals surface area contributed by atoms with Gasteiger partial charge in [0.1, 0.15) is 12.1 Å². The zero-order valence-corrected chi connectivity index (χ0v) is 19.7. The molecule has 0 saturated heterocycles. The largest absolute Gasteiger partial charge is 0.350 e. The van der Waals surface area contributed by atoms with E-state index in [1.54, 1.807) is 29.0 Å². The van der Waals surface area contributed by atoms with E-state index < -0.39 is 5.69 Å². The van der Waals surface area contributed by atoms with E-state index in [-0.39, 0.29) is 12.5 Å². The van der Waals surface area contributed by atoms with Crippen molar-refractivity contribution in [3.63, 3.8) is 0 Å². The number of aryl methyl sites for hydroxylation is 1. The molecule has 34 heavy (non-hydrogen) atoms. The van der Waals surface area contributed by atoms with Crippen LogP contribution >= 0.6 is 11.6 Å². The second kappa shape index (κ2) is 8.46. The van der Waals surface area contributed by atoms with E-state index in [9.17, 15) is 9.59 Å². The lowest BCUT2D eigenvalue weighted by atomic mass is 10.0. The number of halogens is 1. The van der Waals surface area contributed by atoms with Gasteiger partial charge in [-0.1, -0.05) is 55.8 Å². The Morgan fingerprint density at radius 1 is 1.06 bits per heavy atom. The molecule has 0 aliphatic heterocycles. The van der Waals surface area contributed by atoms with E-state index in [1.807, 2.05) is 31.2 Å². The van der Waals surface area contributed by atoms with E-state index in [4.69, 9.17) is 11.6 Å². The summed E-state index contributed by atoms with van der Waals surface area (Å²) in [6, 6.07) is 15.4. The highest BCUT2D eigenvalue weighted by Crippen LogP contribution is 2.24. The summed E-state index contributed by atoms with van der Waals surface area (Å²) in [5.41, 5.74) is 5.18. The predicted octanol–water partition coefficient (Wildman–Crippen LogP) is 4.53. The van der Waals surface area contributed by atoms with Crippen LogP contribution in [0.15, 0.2) is 65.7 Å². The number of nitrogens with zero attached hydrogens (tertiary/aromatic N) is 5. The van der Waals surface area contributed by atoms with Gasteiger partial charge in [-0.25, -0.2) is 18.4 Å². The van der Waals surface area contributed by atoms with Crippen LogP contribution < -0.4 is 11.0 Å². The summed E-state index contributed by atoms with van der Waals surface area (Å²) in [7, 11) is 0. The van der Waals surface area contributed by atoms with Crippen LogP contribution in [0.4, 0.5) is 5.69 Å². The van der Waals surface area contributed by atoms with Crippen molar-refractivity contribution in [2.75, 3.05) is 5.32 Å². The maximum absolute atomic E-state index is 12.9. The summed E-state index contributed by atoms with van der Waals surface area (Å²) in [5.74, 6) is 0.0805. The van der Waals surface area contributed by atoms with Gasteiger partial charge in [-0.3, -0.25) is 4.79 Å². The van der Waals surface area contributed by atoms with Gasteiger partial charge in [0.05, 0.1) is 5.69 Å². The fourth-order valence-corrected chi connectivity index (χ4v) is 4.04. The number of amides is 1. The number of carbonyl (C=O) groups excluding carboxylic acids is 1. The summed E-state index contributed by atoms with van der Waals surface area (Å²) < 4.78 is 4.25. The predicted molar refractivity (Wildman–Crippen MR) is 133 cm³/mol. The van der Waals surface area contributed by atoms with Crippen LogP contribution in [0.2, 0.25) is 5.02 Å². The first-order valence-electron chi connectivity index (χ1n) is 10.9. The van der Waals surface area contributed by atoms with E-state index in [1.165, 1.54) is 9.96 Å². The van der Waals surface area contributed by atoms with Crippen molar-refractivity contribution in [2.45, 2.75) is 33.2 Å². The first-order valence-corrected chi connectivity index (χ1v) is 11.3. The number of nitrogens with one attached hydrogen (secondary N) is 1. The average molecular weight is 475 g/mol. The van der Waals surface area contributed by atoms with Crippen LogP contribution in [0.3, 0.4) is 0 Å². The molecule has 5 rings (SSSR count). The third-order valence-corrected chi connectivity index (χ3v) is 6.07. The molecule has 0 saturated carbocycles. The Bertz CT molecular complexity index is 1590. The number of fused-ring (bicyclic) bond motifs is 3. The van der Waals surface area contributed by atoms with Crippen molar-refractivity contribution in [1.82, 2.24) is 23.8 Å². The summed E-state index contributed by atoms with van der Waals surface area (Å²) in [4.78, 5) is 25.5. The Balaban J connectivity index is 1.47. The molecule has 8 nitrogen and oxygen atoms in total. The molecule has 3 aromatic heterocycles. The van der Waals surface area contributed by atoms with Crippen LogP contribution in [-0.4, -0.2) is 29.7 Å². The minimum atomic E-state index is -0.403. The van der Waals surface area contributed by atoms with Gasteiger partial charge in [0.2, 0.25) is 5.91 Å². The van der Waals surface area contributed by atoms with Gasteiger partial charge in [-0.05, 0) is 42.2 Å². The van der Waals surface area contributed by atoms with Gasteiger partial charge in [-0.2, -0.15) is 5.10 Å². The molecule has 1 amide bonds. The minimum Gasteiger partial charge on any atom is -0.324 e. The quantitative estimate of drug-likeness (QED) is 0.405. The van der Waals surface area contributed by atoms with Gasteiger partial charge in [0.25, 0.3) is 0 Å². The van der Waals surface area contributed by atoms with E-state index in [0.29, 0.717) is 27.8 Å². The molecular weight excluding hydrogens is 452 g/mol. The highest BCUT2D eigenvalue weighted by molar-refractivity contribution is 6.31. The number of carbonyl (C=O) groups is 1. The fourth-order valence-electron chi connectivity index (χ4n) is 3.87. The molecule has 0 unspecified atom stereocenters. The normalized spacial score (nSPS) is 11.6. The van der Waals surface area contributed by atoms with Crippen molar-refractivity contribution < 1.29 is 4.79 Å². The first-order chi connectivity index (χ1) is 16.3. The highest BCUT2D eigenvalue weighted by atomic mass is 35.5. The zero-order chi connectivity index (χ0) is 24.0. The summed E-state index contributed by atoms with van der Waals surface area (Å²) in [6.45, 7) is 5.95. The summed E-state index contributed by atoms with van der Waals surface area (Å²) >= 11 is 6.03. The van der Waals surface area contributed by atoms with Crippen molar-refractivity contribution >= 4 is 34.4 Å². The number of hydrogen-bond donors (Lipinski definition) is 1. The van der Waals surface area contributed by atoms with Crippen molar-refractivity contribution in [3.05, 3.63) is 87.6 Å². The summed E-state index contributed by atoms with van der Waals surface area (Å²) in [5, 5.41) is 12.4. The first kappa shape index (κ1) is 21.9. The van der Waals surface area contributed by atoms with Gasteiger partial charge >= 0.3 is 5.69 Å². The molecule has 0 fully saturated rings. The van der Waals surface area contributed by atoms with Crippen LogP contribution in [0.25, 0.3) is 22.4 Å². The Morgan fingerprint density at radius 2 is 1.82 bits per heavy atom. The fraction of sp³-hybridized carbons (Fsp3) is 0.200. The maximum Gasteiger partial charge on any atom is 0.350 e. The number of aromatic nitrogens is 5. The van der Waals surface area contributed by atoms with E-state index in [2.05, 4.69) is 41.5 Å². The van der Waals surface area contributed by atoms with Gasteiger partial charge in [0.15, 0.2) is 5.65 Å². The van der Waals surface area contributed by atoms with Crippen LogP contribution in [0, 0.1) is 6.92 Å². The molecule has 172 valence electrons. The molecule has 0 aliphatic carbocycles. The maximum atomic E-state index is 12.9. The topological polar surface area (TPSA) is 85.7 Å². The van der Waals surface area contributed by atoms with Gasteiger partial charge < -0.3 is 5.32 Å². The van der Waals surface area contributed by atoms with Crippen LogP contribution in [-0.2, 0) is 11.3 Å². The second-order valence-electron chi connectivity index (χ2n) is 8.58. The lowest BCUT2D eigenvalue weighted by Gasteiger charge is -2.08. The molecule has 0 radical (unpaired) electrons.